The summed E-state index contributed by atoms with van der Waals surface area (Å²) in [5.41, 5.74) is 4.09. The smallest absolute Gasteiger partial charge is 0.264 e. The van der Waals surface area contributed by atoms with Crippen molar-refractivity contribution >= 4 is 45.5 Å². The number of hydrogen-bond acceptors (Lipinski definition) is 3. The van der Waals surface area contributed by atoms with E-state index in [9.17, 15) is 13.6 Å². The van der Waals surface area contributed by atoms with E-state index in [1.54, 1.807) is 30.3 Å². The van der Waals surface area contributed by atoms with Crippen molar-refractivity contribution in [1.29, 1.82) is 0 Å². The molecule has 1 aromatic heterocycles. The van der Waals surface area contributed by atoms with Crippen LogP contribution in [0.15, 0.2) is 82.7 Å². The highest BCUT2D eigenvalue weighted by Gasteiger charge is 2.25. The van der Waals surface area contributed by atoms with Gasteiger partial charge in [-0.2, -0.15) is 0 Å². The van der Waals surface area contributed by atoms with Crippen LogP contribution >= 0.6 is 11.8 Å². The summed E-state index contributed by atoms with van der Waals surface area (Å²) >= 11 is 1.18. The van der Waals surface area contributed by atoms with Crippen LogP contribution in [0.25, 0.3) is 17.0 Å². The molecule has 0 unspecified atom stereocenters. The number of carbonyl (C=O) groups excluding carboxylic acids is 1. The van der Waals surface area contributed by atoms with Gasteiger partial charge in [-0.1, -0.05) is 42.5 Å². The number of halogens is 2. The number of para-hydroxylation sites is 2. The fourth-order valence-corrected chi connectivity index (χ4v) is 4.70. The molecule has 164 valence electrons. The Morgan fingerprint density at radius 2 is 1.73 bits per heavy atom. The molecule has 0 saturated carbocycles. The zero-order chi connectivity index (χ0) is 22.9. The number of hydrogen-bond donors (Lipinski definition) is 1. The molecule has 1 amide bonds. The molecule has 33 heavy (non-hydrogen) atoms. The van der Waals surface area contributed by atoms with Gasteiger partial charge in [0.15, 0.2) is 5.17 Å². The first-order chi connectivity index (χ1) is 16.0. The monoisotopic (exact) mass is 459 g/mol. The summed E-state index contributed by atoms with van der Waals surface area (Å²) in [5.74, 6) is -0.989. The molecule has 0 bridgehead atoms. The van der Waals surface area contributed by atoms with E-state index in [1.807, 2.05) is 37.3 Å². The van der Waals surface area contributed by atoms with E-state index in [4.69, 9.17) is 0 Å². The van der Waals surface area contributed by atoms with Crippen molar-refractivity contribution in [2.24, 2.45) is 4.99 Å². The molecule has 7 heteroatoms. The lowest BCUT2D eigenvalue weighted by Gasteiger charge is -2.09. The third-order valence-electron chi connectivity index (χ3n) is 5.53. The lowest BCUT2D eigenvalue weighted by molar-refractivity contribution is -0.115. The molecule has 1 aliphatic rings. The van der Waals surface area contributed by atoms with Crippen LogP contribution < -0.4 is 5.32 Å². The topological polar surface area (TPSA) is 46.4 Å². The van der Waals surface area contributed by atoms with Crippen LogP contribution in [0.4, 0.5) is 14.5 Å². The first-order valence-corrected chi connectivity index (χ1v) is 11.2. The number of fused-ring (bicyclic) bond motifs is 1. The number of nitrogens with one attached hydrogen (secondary N) is 1. The van der Waals surface area contributed by atoms with Gasteiger partial charge >= 0.3 is 0 Å². The second-order valence-corrected chi connectivity index (χ2v) is 8.69. The number of thioether (sulfide) groups is 1. The van der Waals surface area contributed by atoms with Gasteiger partial charge in [0.25, 0.3) is 5.91 Å². The Hall–Kier alpha value is -3.71. The maximum absolute atomic E-state index is 13.9. The van der Waals surface area contributed by atoms with Crippen LogP contribution in [0.2, 0.25) is 0 Å². The summed E-state index contributed by atoms with van der Waals surface area (Å²) < 4.78 is 29.4. The average molecular weight is 460 g/mol. The van der Waals surface area contributed by atoms with Crippen LogP contribution in [-0.4, -0.2) is 15.6 Å². The molecule has 1 saturated heterocycles. The van der Waals surface area contributed by atoms with E-state index >= 15 is 0 Å². The molecule has 2 heterocycles. The van der Waals surface area contributed by atoms with Crippen molar-refractivity contribution in [2.75, 3.05) is 0 Å². The van der Waals surface area contributed by atoms with Gasteiger partial charge in [-0.05, 0) is 60.7 Å². The molecule has 4 nitrogen and oxygen atoms in total. The Labute approximate surface area is 193 Å². The van der Waals surface area contributed by atoms with Gasteiger partial charge in [0.05, 0.1) is 4.91 Å². The van der Waals surface area contributed by atoms with Crippen molar-refractivity contribution < 1.29 is 13.6 Å². The first-order valence-electron chi connectivity index (χ1n) is 10.4. The number of aliphatic imine (C=N–C) groups is 1. The normalized spacial score (nSPS) is 16.2. The number of benzene rings is 3. The van der Waals surface area contributed by atoms with Crippen molar-refractivity contribution in [3.63, 3.8) is 0 Å². The van der Waals surface area contributed by atoms with E-state index in [2.05, 4.69) is 14.9 Å². The number of nitrogens with zero attached hydrogens (tertiary/aromatic N) is 2. The first kappa shape index (κ1) is 21.2. The minimum atomic E-state index is -0.447. The maximum Gasteiger partial charge on any atom is 0.264 e. The molecule has 1 fully saturated rings. The largest absolute Gasteiger partial charge is 0.340 e. The summed E-state index contributed by atoms with van der Waals surface area (Å²) in [6.45, 7) is 2.58. The second kappa shape index (κ2) is 8.67. The van der Waals surface area contributed by atoms with Gasteiger partial charge in [0.1, 0.15) is 17.3 Å². The van der Waals surface area contributed by atoms with E-state index in [-0.39, 0.29) is 17.4 Å². The highest BCUT2D eigenvalue weighted by molar-refractivity contribution is 8.18. The Morgan fingerprint density at radius 3 is 2.52 bits per heavy atom. The van der Waals surface area contributed by atoms with E-state index in [0.29, 0.717) is 16.6 Å². The summed E-state index contributed by atoms with van der Waals surface area (Å²) in [5, 5.41) is 4.06. The van der Waals surface area contributed by atoms with E-state index in [0.717, 1.165) is 27.7 Å². The van der Waals surface area contributed by atoms with Gasteiger partial charge in [-0.15, -0.1) is 0 Å². The van der Waals surface area contributed by atoms with Gasteiger partial charge in [0, 0.05) is 28.7 Å². The summed E-state index contributed by atoms with van der Waals surface area (Å²) in [4.78, 5) is 17.4. The molecule has 0 aliphatic carbocycles. The van der Waals surface area contributed by atoms with Gasteiger partial charge in [0.2, 0.25) is 0 Å². The third-order valence-corrected chi connectivity index (χ3v) is 6.44. The Balaban J connectivity index is 1.52. The molecular weight excluding hydrogens is 440 g/mol. The fourth-order valence-electron chi connectivity index (χ4n) is 3.88. The Bertz CT molecular complexity index is 1440. The highest BCUT2D eigenvalue weighted by Crippen LogP contribution is 2.33. The minimum absolute atomic E-state index is 0.175. The van der Waals surface area contributed by atoms with Crippen LogP contribution in [0.3, 0.4) is 0 Å². The lowest BCUT2D eigenvalue weighted by Crippen LogP contribution is -2.19. The molecule has 0 radical (unpaired) electrons. The van der Waals surface area contributed by atoms with Crippen LogP contribution in [0.1, 0.15) is 16.8 Å². The van der Waals surface area contributed by atoms with E-state index in [1.165, 1.54) is 30.0 Å². The number of amides is 1. The quantitative estimate of drug-likeness (QED) is 0.371. The number of rotatable bonds is 4. The Morgan fingerprint density at radius 1 is 1.00 bits per heavy atom. The van der Waals surface area contributed by atoms with Crippen molar-refractivity contribution in [3.05, 3.63) is 106 Å². The SMILES string of the molecule is Cc1c(/C=C2\SC(=Nc3ccccc3F)NC2=O)c2ccccc2n1Cc1ccc(F)cc1. The molecule has 5 rings (SSSR count). The predicted molar refractivity (Wildman–Crippen MR) is 129 cm³/mol. The number of amidine groups is 1. The van der Waals surface area contributed by atoms with Crippen molar-refractivity contribution in [1.82, 2.24) is 9.88 Å². The zero-order valence-corrected chi connectivity index (χ0v) is 18.5. The number of aromatic nitrogens is 1. The summed E-state index contributed by atoms with van der Waals surface area (Å²) in [7, 11) is 0. The standard InChI is InChI=1S/C26H19F2N3OS/c1-16-20(14-24-25(32)30-26(33-24)29-22-8-4-3-7-21(22)28)19-6-2-5-9-23(19)31(16)15-17-10-12-18(27)13-11-17/h2-14H,15H2,1H3,(H,29,30,32)/b24-14-. The summed E-state index contributed by atoms with van der Waals surface area (Å²) in [6, 6.07) is 20.6. The molecule has 1 N–H and O–H groups in total. The van der Waals surface area contributed by atoms with Gasteiger partial charge in [-0.25, -0.2) is 13.8 Å². The van der Waals surface area contributed by atoms with Crippen molar-refractivity contribution in [3.8, 4) is 0 Å². The highest BCUT2D eigenvalue weighted by atomic mass is 32.2. The Kier molecular flexibility index (Phi) is 5.56. The molecule has 3 aromatic carbocycles. The van der Waals surface area contributed by atoms with Gasteiger partial charge in [-0.3, -0.25) is 4.79 Å². The predicted octanol–water partition coefficient (Wildman–Crippen LogP) is 6.17. The summed E-state index contributed by atoms with van der Waals surface area (Å²) in [6.07, 6.45) is 1.85. The maximum atomic E-state index is 13.9. The van der Waals surface area contributed by atoms with Gasteiger partial charge < -0.3 is 9.88 Å². The van der Waals surface area contributed by atoms with E-state index < -0.39 is 5.82 Å². The molecule has 0 atom stereocenters. The molecule has 4 aromatic rings. The minimum Gasteiger partial charge on any atom is -0.340 e. The second-order valence-electron chi connectivity index (χ2n) is 7.66. The van der Waals surface area contributed by atoms with Crippen LogP contribution in [0, 0.1) is 18.6 Å². The third kappa shape index (κ3) is 4.19. The van der Waals surface area contributed by atoms with Crippen LogP contribution in [0.5, 0.6) is 0 Å². The lowest BCUT2D eigenvalue weighted by atomic mass is 10.1. The molecule has 1 aliphatic heterocycles. The average Bonchev–Trinajstić information content (AvgIpc) is 3.29. The fraction of sp³-hybridized carbons (Fsp3) is 0.0769. The van der Waals surface area contributed by atoms with Crippen LogP contribution in [-0.2, 0) is 11.3 Å². The molecule has 0 spiro atoms. The number of carbonyl (C=O) groups is 1. The zero-order valence-electron chi connectivity index (χ0n) is 17.7. The van der Waals surface area contributed by atoms with Crippen molar-refractivity contribution in [2.45, 2.75) is 13.5 Å². The molecular formula is C26H19F2N3OS.